The van der Waals surface area contributed by atoms with Gasteiger partial charge in [-0.2, -0.15) is 0 Å². The quantitative estimate of drug-likeness (QED) is 0.508. The van der Waals surface area contributed by atoms with Crippen LogP contribution >= 0.6 is 0 Å². The zero-order chi connectivity index (χ0) is 18.1. The van der Waals surface area contributed by atoms with E-state index in [-0.39, 0.29) is 17.3 Å². The van der Waals surface area contributed by atoms with E-state index in [9.17, 15) is 9.59 Å². The number of rotatable bonds is 3. The largest absolute Gasteiger partial charge is 0.460 e. The minimum absolute atomic E-state index is 0.0508. The molecule has 0 fully saturated rings. The summed E-state index contributed by atoms with van der Waals surface area (Å²) < 4.78 is 11.1. The lowest BCUT2D eigenvalue weighted by atomic mass is 9.96. The molecule has 0 aliphatic heterocycles. The molecule has 1 aromatic heterocycles. The van der Waals surface area contributed by atoms with Gasteiger partial charge in [-0.1, -0.05) is 32.0 Å². The lowest BCUT2D eigenvalue weighted by Crippen LogP contribution is -2.10. The molecule has 3 rings (SSSR count). The summed E-state index contributed by atoms with van der Waals surface area (Å²) in [5.41, 5.74) is 2.90. The van der Waals surface area contributed by atoms with Gasteiger partial charge in [0.05, 0.1) is 10.9 Å². The summed E-state index contributed by atoms with van der Waals surface area (Å²) in [5, 5.41) is 0.564. The Labute approximate surface area is 146 Å². The van der Waals surface area contributed by atoms with E-state index < -0.39 is 0 Å². The third kappa shape index (κ3) is 3.33. The van der Waals surface area contributed by atoms with Crippen LogP contribution in [0.1, 0.15) is 38.0 Å². The molecule has 25 heavy (non-hydrogen) atoms. The molecule has 0 radical (unpaired) electrons. The van der Waals surface area contributed by atoms with Gasteiger partial charge in [-0.3, -0.25) is 9.59 Å². The molecular weight excluding hydrogens is 316 g/mol. The van der Waals surface area contributed by atoms with Gasteiger partial charge in [-0.05, 0) is 42.3 Å². The fraction of sp³-hybridized carbons (Fsp3) is 0.238. The summed E-state index contributed by atoms with van der Waals surface area (Å²) in [4.78, 5) is 24.1. The number of aryl methyl sites for hydroxylation is 1. The van der Waals surface area contributed by atoms with E-state index in [4.69, 9.17) is 9.15 Å². The maximum absolute atomic E-state index is 13.1. The fourth-order valence-electron chi connectivity index (χ4n) is 2.85. The first-order valence-electron chi connectivity index (χ1n) is 8.23. The lowest BCUT2D eigenvalue weighted by Gasteiger charge is -2.13. The van der Waals surface area contributed by atoms with Crippen molar-refractivity contribution in [1.82, 2.24) is 0 Å². The summed E-state index contributed by atoms with van der Waals surface area (Å²) >= 11 is 0. The number of esters is 1. The van der Waals surface area contributed by atoms with E-state index >= 15 is 0 Å². The van der Waals surface area contributed by atoms with Crippen molar-refractivity contribution in [3.05, 3.63) is 64.0 Å². The first kappa shape index (κ1) is 17.0. The molecule has 3 aromatic rings. The van der Waals surface area contributed by atoms with Crippen molar-refractivity contribution in [3.8, 4) is 16.9 Å². The van der Waals surface area contributed by atoms with Gasteiger partial charge >= 0.3 is 5.97 Å². The highest BCUT2D eigenvalue weighted by molar-refractivity contribution is 5.83. The Bertz CT molecular complexity index is 995. The van der Waals surface area contributed by atoms with Crippen LogP contribution in [0.4, 0.5) is 0 Å². The molecule has 128 valence electrons. The third-order valence-corrected chi connectivity index (χ3v) is 4.00. The van der Waals surface area contributed by atoms with Gasteiger partial charge in [0.2, 0.25) is 5.43 Å². The maximum atomic E-state index is 13.1. The Morgan fingerprint density at radius 3 is 2.36 bits per heavy atom. The fourth-order valence-corrected chi connectivity index (χ4v) is 2.85. The second-order valence-corrected chi connectivity index (χ2v) is 6.44. The summed E-state index contributed by atoms with van der Waals surface area (Å²) in [5.74, 6) is 0.781. The minimum Gasteiger partial charge on any atom is -0.460 e. The predicted octanol–water partition coefficient (Wildman–Crippen LogP) is 4.82. The van der Waals surface area contributed by atoms with Crippen LogP contribution in [-0.2, 0) is 4.79 Å². The highest BCUT2D eigenvalue weighted by atomic mass is 16.5. The van der Waals surface area contributed by atoms with Crippen LogP contribution in [0, 0.1) is 6.92 Å². The van der Waals surface area contributed by atoms with Crippen LogP contribution in [-0.4, -0.2) is 5.97 Å². The molecule has 0 aliphatic rings. The molecule has 0 amide bonds. The number of fused-ring (bicyclic) bond motifs is 1. The number of carbonyl (C=O) groups is 1. The van der Waals surface area contributed by atoms with Crippen molar-refractivity contribution in [1.29, 1.82) is 0 Å². The topological polar surface area (TPSA) is 56.5 Å². The number of hydrogen-bond acceptors (Lipinski definition) is 4. The van der Waals surface area contributed by atoms with Gasteiger partial charge in [0, 0.05) is 12.8 Å². The van der Waals surface area contributed by atoms with Crippen molar-refractivity contribution in [3.63, 3.8) is 0 Å². The average molecular weight is 336 g/mol. The van der Waals surface area contributed by atoms with Crippen LogP contribution in [0.3, 0.4) is 0 Å². The molecular formula is C21H20O4. The van der Waals surface area contributed by atoms with Crippen LogP contribution in [0.5, 0.6) is 5.75 Å². The molecule has 0 bridgehead atoms. The second kappa shape index (κ2) is 6.55. The Hall–Kier alpha value is -2.88. The smallest absolute Gasteiger partial charge is 0.308 e. The van der Waals surface area contributed by atoms with E-state index in [0.717, 1.165) is 11.1 Å². The Balaban J connectivity index is 2.22. The van der Waals surface area contributed by atoms with Gasteiger partial charge in [-0.25, -0.2) is 0 Å². The lowest BCUT2D eigenvalue weighted by molar-refractivity contribution is -0.131. The SMILES string of the molecule is CC(=O)Oc1ccc(-c2c(C(C)C)oc3cc(C)ccc3c2=O)cc1. The zero-order valence-electron chi connectivity index (χ0n) is 14.8. The molecule has 0 N–H and O–H groups in total. The summed E-state index contributed by atoms with van der Waals surface area (Å²) in [7, 11) is 0. The highest BCUT2D eigenvalue weighted by Crippen LogP contribution is 2.31. The average Bonchev–Trinajstić information content (AvgIpc) is 2.54. The summed E-state index contributed by atoms with van der Waals surface area (Å²) in [6.07, 6.45) is 0. The Kier molecular flexibility index (Phi) is 4.45. The van der Waals surface area contributed by atoms with Crippen LogP contribution in [0.15, 0.2) is 51.7 Å². The molecule has 0 aliphatic carbocycles. The molecule has 1 heterocycles. The molecule has 0 spiro atoms. The molecule has 4 nitrogen and oxygen atoms in total. The Morgan fingerprint density at radius 2 is 1.76 bits per heavy atom. The maximum Gasteiger partial charge on any atom is 0.308 e. The second-order valence-electron chi connectivity index (χ2n) is 6.44. The third-order valence-electron chi connectivity index (χ3n) is 4.00. The van der Waals surface area contributed by atoms with E-state index in [1.165, 1.54) is 6.92 Å². The van der Waals surface area contributed by atoms with E-state index in [2.05, 4.69) is 0 Å². The highest BCUT2D eigenvalue weighted by Gasteiger charge is 2.18. The van der Waals surface area contributed by atoms with Crippen molar-refractivity contribution in [2.45, 2.75) is 33.6 Å². The molecule has 0 saturated carbocycles. The van der Waals surface area contributed by atoms with Gasteiger partial charge < -0.3 is 9.15 Å². The number of ether oxygens (including phenoxy) is 1. The van der Waals surface area contributed by atoms with Gasteiger partial charge in [0.1, 0.15) is 17.1 Å². The van der Waals surface area contributed by atoms with Crippen molar-refractivity contribution in [2.75, 3.05) is 0 Å². The zero-order valence-corrected chi connectivity index (χ0v) is 14.8. The predicted molar refractivity (Wildman–Crippen MR) is 98.1 cm³/mol. The number of benzene rings is 2. The first-order valence-corrected chi connectivity index (χ1v) is 8.23. The number of carbonyl (C=O) groups excluding carboxylic acids is 1. The van der Waals surface area contributed by atoms with E-state index in [1.807, 2.05) is 32.9 Å². The van der Waals surface area contributed by atoms with Crippen LogP contribution in [0.25, 0.3) is 22.1 Å². The van der Waals surface area contributed by atoms with Crippen molar-refractivity contribution >= 4 is 16.9 Å². The van der Waals surface area contributed by atoms with E-state index in [1.54, 1.807) is 30.3 Å². The van der Waals surface area contributed by atoms with Gasteiger partial charge in [-0.15, -0.1) is 0 Å². The molecule has 0 unspecified atom stereocenters. The molecule has 2 aromatic carbocycles. The molecule has 4 heteroatoms. The van der Waals surface area contributed by atoms with E-state index in [0.29, 0.717) is 28.0 Å². The normalized spacial score (nSPS) is 11.1. The number of hydrogen-bond donors (Lipinski definition) is 0. The standard InChI is InChI=1S/C21H20O4/c1-12(2)21-19(15-6-8-16(9-7-15)24-14(4)22)20(23)17-10-5-13(3)11-18(17)25-21/h5-12H,1-4H3. The van der Waals surface area contributed by atoms with Gasteiger partial charge in [0.25, 0.3) is 0 Å². The van der Waals surface area contributed by atoms with Crippen molar-refractivity contribution < 1.29 is 13.9 Å². The van der Waals surface area contributed by atoms with Crippen LogP contribution < -0.4 is 10.2 Å². The Morgan fingerprint density at radius 1 is 1.08 bits per heavy atom. The van der Waals surface area contributed by atoms with Gasteiger partial charge in [0.15, 0.2) is 0 Å². The van der Waals surface area contributed by atoms with Crippen LogP contribution in [0.2, 0.25) is 0 Å². The van der Waals surface area contributed by atoms with Crippen molar-refractivity contribution in [2.24, 2.45) is 0 Å². The molecule has 0 saturated heterocycles. The summed E-state index contributed by atoms with van der Waals surface area (Å²) in [6, 6.07) is 12.5. The first-order chi connectivity index (χ1) is 11.9. The summed E-state index contributed by atoms with van der Waals surface area (Å²) in [6.45, 7) is 7.31. The monoisotopic (exact) mass is 336 g/mol. The molecule has 0 atom stereocenters. The minimum atomic E-state index is -0.379.